The van der Waals surface area contributed by atoms with Crippen LogP contribution in [-0.4, -0.2) is 137 Å². The number of aromatic nitrogens is 28. The summed E-state index contributed by atoms with van der Waals surface area (Å²) in [6.45, 7) is 41.4. The van der Waals surface area contributed by atoms with Crippen molar-refractivity contribution in [3.05, 3.63) is 343 Å². The number of hydrogen-bond acceptors (Lipinski definition) is 31. The van der Waals surface area contributed by atoms with Gasteiger partial charge in [0.2, 0.25) is 0 Å². The van der Waals surface area contributed by atoms with Crippen molar-refractivity contribution in [1.29, 1.82) is 0 Å². The Balaban J connectivity index is 0.000000124. The average molecular weight is 2030 g/mol. The summed E-state index contributed by atoms with van der Waals surface area (Å²) < 4.78 is 37.6. The molecule has 0 amide bonds. The van der Waals surface area contributed by atoms with Crippen LogP contribution in [0.4, 0.5) is 83.9 Å². The number of benzene rings is 3. The Kier molecular flexibility index (Phi) is 29.1. The first-order valence-corrected chi connectivity index (χ1v) is 45.8. The standard InChI is InChI=1S/C20H17ClN8.C20H16ClN7.C19H13ClF2N8.2C19H16ClN9/c1-11-6-4-5-7-13(11)17-14(8-16-24-9-15(21)29(16)28-17)12(2)27-20-18(23-3)19(22)25-10-26-20;1-12(27-8-7-14-19(22)24-11-25-20(14)27)15-9-17-23-10-16(21)28(17)26-18(15)13-5-3-2-4-6-13;1-9(28-19-17(24-2)18(23)26-8-27-19)13-6-15-25-7-14(20)30(15)29-16(13)10-3-11(21)5-12(22)4-10;2*1-3-12(27-19-17(22-2)18(21)25-10-26-19)11-8-15-24-9-14(20)29(15)28-16(11)13-6-4-5-7-23-13/h4-10,12H,1-2H3,(H3,22,25,26,27);2-12H,1H3,(H2,22,24,25);3-9H,1H3,(H3,23,26,27,28);2*4-10,12H,3H2,1H3,(H3,21,25,26,27)/t2*12-;9-;2*12-/m00010/s1. The number of pyridine rings is 2. The lowest BCUT2D eigenvalue weighted by atomic mass is 9.98. The Labute approximate surface area is 847 Å². The van der Waals surface area contributed by atoms with E-state index in [1.807, 2.05) is 155 Å². The molecule has 14 N–H and O–H groups in total. The van der Waals surface area contributed by atoms with Gasteiger partial charge in [-0.2, -0.15) is 25.5 Å². The minimum absolute atomic E-state index is 0.0377. The Morgan fingerprint density at radius 1 is 0.352 bits per heavy atom. The van der Waals surface area contributed by atoms with Crippen LogP contribution in [0.15, 0.2) is 227 Å². The minimum Gasteiger partial charge on any atom is -0.392 e. The van der Waals surface area contributed by atoms with Gasteiger partial charge in [-0.15, -0.1) is 0 Å². The Hall–Kier alpha value is -18.5. The van der Waals surface area contributed by atoms with Crippen LogP contribution in [0.2, 0.25) is 25.8 Å². The highest BCUT2D eigenvalue weighted by Gasteiger charge is 2.29. The van der Waals surface area contributed by atoms with Crippen LogP contribution in [-0.2, 0) is 0 Å². The van der Waals surface area contributed by atoms with Crippen molar-refractivity contribution in [3.63, 3.8) is 0 Å². The maximum atomic E-state index is 13.9. The summed E-state index contributed by atoms with van der Waals surface area (Å²) >= 11 is 31.1. The van der Waals surface area contributed by atoms with Crippen molar-refractivity contribution in [1.82, 2.24) is 137 Å². The number of rotatable bonds is 21. The molecule has 0 aliphatic carbocycles. The highest BCUT2D eigenvalue weighted by Crippen LogP contribution is 2.43. The van der Waals surface area contributed by atoms with Gasteiger partial charge in [0.25, 0.3) is 22.7 Å². The lowest BCUT2D eigenvalue weighted by Crippen LogP contribution is -2.15. The molecule has 18 heterocycles. The normalized spacial score (nSPS) is 12.1. The minimum atomic E-state index is -0.742. The van der Waals surface area contributed by atoms with Gasteiger partial charge in [-0.3, -0.25) is 9.97 Å². The predicted octanol–water partition coefficient (Wildman–Crippen LogP) is 20.7. The molecule has 5 atom stereocenters. The van der Waals surface area contributed by atoms with Gasteiger partial charge in [0.1, 0.15) is 113 Å². The van der Waals surface area contributed by atoms with Crippen molar-refractivity contribution in [2.45, 2.75) is 84.6 Å². The van der Waals surface area contributed by atoms with E-state index in [0.717, 1.165) is 67.4 Å². The summed E-state index contributed by atoms with van der Waals surface area (Å²) in [5.74, 6) is 0.751. The summed E-state index contributed by atoms with van der Waals surface area (Å²) in [6.07, 6.45) is 21.1. The third-order valence-electron chi connectivity index (χ3n) is 22.9. The van der Waals surface area contributed by atoms with E-state index in [-0.39, 0.29) is 92.4 Å². The summed E-state index contributed by atoms with van der Waals surface area (Å²) in [5, 5.41) is 39.1. The van der Waals surface area contributed by atoms with Crippen LogP contribution in [0.1, 0.15) is 111 Å². The molecule has 145 heavy (non-hydrogen) atoms. The molecular formula is C97H78Cl5F2N41. The SMILES string of the molecule is C[C@@H](c1cc2ncc(Cl)n2nc1-c1ccccc1)n1ccc2c(N)ncnc21.[C-]#[N+]c1c(N)ncnc1N[C@@H](C)c1cc2ncc(Cl)n2nc1-c1cc(F)cc(F)c1.[C-]#[N+]c1c(N)ncnc1N[C@@H](C)c1cc2ncc(Cl)n2nc1-c1ccccc1C.[C-]#[N+]c1c(N)ncnc1N[C@@H](CC)c1cc2ncc(Cl)n2nc1-c1ccccn1.[C-]#[N+]c1c(N)ncnc1N[C@H](CC)c1cc2ncc(Cl)n2nc1-c1ccccn1. The average Bonchev–Trinajstić information content (AvgIpc) is 1.54. The Morgan fingerprint density at radius 2 is 0.697 bits per heavy atom. The van der Waals surface area contributed by atoms with Crippen LogP contribution in [0, 0.1) is 44.8 Å². The zero-order valence-corrected chi connectivity index (χ0v) is 80.8. The second-order valence-corrected chi connectivity index (χ2v) is 33.8. The molecule has 48 heteroatoms. The van der Waals surface area contributed by atoms with Gasteiger partial charge in [0.05, 0.1) is 121 Å². The van der Waals surface area contributed by atoms with Crippen molar-refractivity contribution >= 4 is 172 Å². The topological polar surface area (TPSA) is 506 Å². The van der Waals surface area contributed by atoms with Crippen LogP contribution in [0.25, 0.3) is 115 Å². The van der Waals surface area contributed by atoms with Gasteiger partial charge in [-0.25, -0.2) is 125 Å². The number of nitrogens with one attached hydrogen (secondary N) is 4. The highest BCUT2D eigenvalue weighted by atomic mass is 35.5. The van der Waals surface area contributed by atoms with Crippen LogP contribution >= 0.6 is 58.0 Å². The van der Waals surface area contributed by atoms with Crippen molar-refractivity contribution < 1.29 is 8.78 Å². The molecule has 0 fully saturated rings. The Morgan fingerprint density at radius 3 is 1.09 bits per heavy atom. The first-order chi connectivity index (χ1) is 70.2. The molecule has 720 valence electrons. The van der Waals surface area contributed by atoms with Gasteiger partial charge in [0.15, 0.2) is 54.0 Å². The molecule has 41 nitrogen and oxygen atoms in total. The molecule has 0 bridgehead atoms. The number of nitrogens with two attached hydrogens (primary N) is 5. The summed E-state index contributed by atoms with van der Waals surface area (Å²) in [4.78, 5) is 84.7. The first-order valence-electron chi connectivity index (χ1n) is 43.9. The number of halogens is 7. The lowest BCUT2D eigenvalue weighted by Gasteiger charge is -2.21. The van der Waals surface area contributed by atoms with E-state index < -0.39 is 17.7 Å². The number of anilines is 9. The van der Waals surface area contributed by atoms with E-state index in [9.17, 15) is 8.78 Å². The second kappa shape index (κ2) is 43.1. The Bertz CT molecular complexity index is 8400. The first kappa shape index (κ1) is 98.1. The second-order valence-electron chi connectivity index (χ2n) is 31.9. The number of nitrogen functional groups attached to an aromatic ring is 5. The molecule has 18 aromatic heterocycles. The predicted molar refractivity (Wildman–Crippen MR) is 551 cm³/mol. The quantitative estimate of drug-likeness (QED) is 0.0302. The van der Waals surface area contributed by atoms with Gasteiger partial charge in [-0.05, 0) is 119 Å². The molecular weight excluding hydrogens is 1950 g/mol. The van der Waals surface area contributed by atoms with Crippen molar-refractivity contribution in [2.75, 3.05) is 49.9 Å². The van der Waals surface area contributed by atoms with Gasteiger partial charge < -0.3 is 54.5 Å². The maximum absolute atomic E-state index is 13.9. The van der Waals surface area contributed by atoms with E-state index in [0.29, 0.717) is 113 Å². The molecule has 21 aromatic rings. The number of nitrogens with zero attached hydrogens (tertiary/aromatic N) is 32. The fourth-order valence-electron chi connectivity index (χ4n) is 15.8. The summed E-state index contributed by atoms with van der Waals surface area (Å²) in [5.41, 5.74) is 45.7. The third kappa shape index (κ3) is 20.6. The van der Waals surface area contributed by atoms with Gasteiger partial charge >= 0.3 is 0 Å². The van der Waals surface area contributed by atoms with Crippen molar-refractivity contribution in [3.8, 4) is 56.5 Å². The molecule has 0 aliphatic heterocycles. The molecule has 0 aliphatic rings. The van der Waals surface area contributed by atoms with Gasteiger partial charge in [-0.1, -0.05) is 139 Å². The monoisotopic (exact) mass is 2030 g/mol. The van der Waals surface area contributed by atoms with E-state index in [4.69, 9.17) is 123 Å². The number of fused-ring (bicyclic) bond motifs is 6. The highest BCUT2D eigenvalue weighted by molar-refractivity contribution is 6.31. The fourth-order valence-corrected chi connectivity index (χ4v) is 16.6. The molecule has 0 saturated carbocycles. The molecule has 0 radical (unpaired) electrons. The van der Waals surface area contributed by atoms with E-state index in [1.165, 1.54) is 54.5 Å². The van der Waals surface area contributed by atoms with Crippen molar-refractivity contribution in [2.24, 2.45) is 0 Å². The summed E-state index contributed by atoms with van der Waals surface area (Å²) in [6, 6.07) is 42.5. The molecule has 3 aromatic carbocycles. The smallest absolute Gasteiger partial charge is 0.268 e. The van der Waals surface area contributed by atoms with Crippen LogP contribution < -0.4 is 49.9 Å². The zero-order chi connectivity index (χ0) is 102. The lowest BCUT2D eigenvalue weighted by molar-refractivity contribution is 0.584. The van der Waals surface area contributed by atoms with Gasteiger partial charge in [0, 0.05) is 69.2 Å². The zero-order valence-electron chi connectivity index (χ0n) is 77.0. The van der Waals surface area contributed by atoms with E-state index in [2.05, 4.69) is 152 Å². The molecule has 21 rings (SSSR count). The third-order valence-corrected chi connectivity index (χ3v) is 24.2. The molecule has 0 unspecified atom stereocenters. The fraction of sp³-hybridized carbons (Fsp3) is 0.134. The maximum Gasteiger partial charge on any atom is 0.268 e. The summed E-state index contributed by atoms with van der Waals surface area (Å²) in [7, 11) is 0. The van der Waals surface area contributed by atoms with E-state index >= 15 is 0 Å². The number of hydrogen-bond donors (Lipinski definition) is 9. The number of aryl methyl sites for hydroxylation is 1. The largest absolute Gasteiger partial charge is 0.392 e. The molecule has 0 saturated heterocycles. The van der Waals surface area contributed by atoms with Crippen LogP contribution in [0.5, 0.6) is 0 Å². The van der Waals surface area contributed by atoms with E-state index in [1.54, 1.807) is 68.2 Å². The molecule has 0 spiro atoms. The number of imidazole rings is 5. The van der Waals surface area contributed by atoms with Crippen LogP contribution in [0.3, 0.4) is 0 Å².